The van der Waals surface area contributed by atoms with E-state index in [1.54, 1.807) is 30.3 Å². The maximum atomic E-state index is 13.7. The first-order chi connectivity index (χ1) is 15.3. The van der Waals surface area contributed by atoms with Crippen LogP contribution in [0.4, 0.5) is 0 Å². The summed E-state index contributed by atoms with van der Waals surface area (Å²) in [6.45, 7) is 21.3. The number of hydrogen-bond acceptors (Lipinski definition) is 3. The summed E-state index contributed by atoms with van der Waals surface area (Å²) in [6.07, 6.45) is 1.60. The predicted molar refractivity (Wildman–Crippen MR) is 139 cm³/mol. The van der Waals surface area contributed by atoms with Crippen LogP contribution in [0.3, 0.4) is 0 Å². The third-order valence-electron chi connectivity index (χ3n) is 6.18. The number of phenols is 1. The van der Waals surface area contributed by atoms with Gasteiger partial charge in [0.25, 0.3) is 0 Å². The average molecular weight is 467 g/mol. The second-order valence-corrected chi connectivity index (χ2v) is 13.3. The molecular weight excluding hydrogens is 424 g/mol. The van der Waals surface area contributed by atoms with Crippen LogP contribution in [-0.4, -0.2) is 22.0 Å². The number of rotatable bonds is 7. The number of phenolic OH excluding ortho intramolecular Hbond substituents is 1. The van der Waals surface area contributed by atoms with Crippen LogP contribution in [0.1, 0.15) is 119 Å². The summed E-state index contributed by atoms with van der Waals surface area (Å²) in [4.78, 5) is 25.5. The summed E-state index contributed by atoms with van der Waals surface area (Å²) in [5.74, 6) is -1.26. The minimum absolute atomic E-state index is 0.00690. The fourth-order valence-corrected chi connectivity index (χ4v) is 5.66. The number of aromatic carboxylic acids is 1. The standard InChI is InChI=1S/C30H42O4/c1-27(2,3)17-29(7,8)22-15-19(24(31)20-13-11-12-14-21(20)26(33)34)16-23(25(22)32)30(9,10)18-28(4,5)6/h11-16,32H,17-18H2,1-10H3,(H,33,34). The lowest BCUT2D eigenvalue weighted by molar-refractivity contribution is 0.0692. The van der Waals surface area contributed by atoms with E-state index in [9.17, 15) is 19.8 Å². The lowest BCUT2D eigenvalue weighted by Gasteiger charge is -2.37. The Morgan fingerprint density at radius 1 is 0.706 bits per heavy atom. The Labute approximate surface area is 205 Å². The summed E-state index contributed by atoms with van der Waals surface area (Å²) >= 11 is 0. The number of hydrogen-bond donors (Lipinski definition) is 2. The van der Waals surface area contributed by atoms with Crippen molar-refractivity contribution in [3.05, 3.63) is 64.2 Å². The van der Waals surface area contributed by atoms with E-state index in [1.807, 2.05) is 0 Å². The molecule has 0 aliphatic carbocycles. The second-order valence-electron chi connectivity index (χ2n) is 13.3. The van der Waals surface area contributed by atoms with Gasteiger partial charge in [-0.1, -0.05) is 87.4 Å². The molecule has 0 heterocycles. The van der Waals surface area contributed by atoms with Crippen LogP contribution >= 0.6 is 0 Å². The molecular formula is C30H42O4. The first kappa shape index (κ1) is 27.6. The van der Waals surface area contributed by atoms with Crippen LogP contribution in [-0.2, 0) is 10.8 Å². The highest BCUT2D eigenvalue weighted by atomic mass is 16.4. The van der Waals surface area contributed by atoms with Gasteiger partial charge in [0, 0.05) is 22.3 Å². The number of carbonyl (C=O) groups is 2. The maximum absolute atomic E-state index is 13.7. The molecule has 0 aliphatic heterocycles. The summed E-state index contributed by atoms with van der Waals surface area (Å²) in [5, 5.41) is 21.2. The van der Waals surface area contributed by atoms with Crippen molar-refractivity contribution in [2.24, 2.45) is 10.8 Å². The number of carboxylic acid groups (broad SMARTS) is 1. The van der Waals surface area contributed by atoms with Crippen molar-refractivity contribution >= 4 is 11.8 Å². The number of carbonyl (C=O) groups excluding carboxylic acids is 1. The van der Waals surface area contributed by atoms with E-state index in [0.29, 0.717) is 5.56 Å². The number of ketones is 1. The summed E-state index contributed by atoms with van der Waals surface area (Å²) < 4.78 is 0. The van der Waals surface area contributed by atoms with E-state index >= 15 is 0 Å². The van der Waals surface area contributed by atoms with Crippen LogP contribution in [0.5, 0.6) is 5.75 Å². The van der Waals surface area contributed by atoms with Gasteiger partial charge >= 0.3 is 5.97 Å². The molecule has 2 aromatic carbocycles. The smallest absolute Gasteiger partial charge is 0.336 e. The first-order valence-corrected chi connectivity index (χ1v) is 12.0. The average Bonchev–Trinajstić information content (AvgIpc) is 2.63. The van der Waals surface area contributed by atoms with Gasteiger partial charge in [-0.3, -0.25) is 4.79 Å². The summed E-state index contributed by atoms with van der Waals surface area (Å²) in [5.41, 5.74) is 1.18. The zero-order valence-corrected chi connectivity index (χ0v) is 22.6. The molecule has 4 nitrogen and oxygen atoms in total. The Hall–Kier alpha value is -2.62. The van der Waals surface area contributed by atoms with E-state index in [-0.39, 0.29) is 33.5 Å². The summed E-state index contributed by atoms with van der Waals surface area (Å²) in [7, 11) is 0. The molecule has 0 spiro atoms. The number of benzene rings is 2. The van der Waals surface area contributed by atoms with Crippen molar-refractivity contribution in [1.29, 1.82) is 0 Å². The van der Waals surface area contributed by atoms with E-state index in [2.05, 4.69) is 69.2 Å². The topological polar surface area (TPSA) is 74.6 Å². The third kappa shape index (κ3) is 6.49. The fourth-order valence-electron chi connectivity index (χ4n) is 5.66. The van der Waals surface area contributed by atoms with Gasteiger partial charge in [0.2, 0.25) is 0 Å². The Bertz CT molecular complexity index is 1030. The molecule has 0 unspecified atom stereocenters. The van der Waals surface area contributed by atoms with Gasteiger partial charge in [-0.05, 0) is 52.7 Å². The Kier molecular flexibility index (Phi) is 7.48. The minimum atomic E-state index is -1.13. The highest BCUT2D eigenvalue weighted by Gasteiger charge is 2.36. The van der Waals surface area contributed by atoms with Crippen molar-refractivity contribution in [2.45, 2.75) is 92.9 Å². The second kappa shape index (κ2) is 9.20. The molecule has 0 amide bonds. The molecule has 0 radical (unpaired) electrons. The van der Waals surface area contributed by atoms with Gasteiger partial charge in [-0.2, -0.15) is 0 Å². The highest BCUT2D eigenvalue weighted by Crippen LogP contribution is 2.47. The molecule has 2 aromatic rings. The van der Waals surface area contributed by atoms with Crippen molar-refractivity contribution in [1.82, 2.24) is 0 Å². The molecule has 0 saturated heterocycles. The van der Waals surface area contributed by atoms with E-state index in [4.69, 9.17) is 0 Å². The summed E-state index contributed by atoms with van der Waals surface area (Å²) in [6, 6.07) is 9.82. The number of aromatic hydroxyl groups is 1. The molecule has 0 bridgehead atoms. The van der Waals surface area contributed by atoms with Crippen LogP contribution in [0.15, 0.2) is 36.4 Å². The molecule has 2 N–H and O–H groups in total. The zero-order chi connectivity index (χ0) is 26.3. The Morgan fingerprint density at radius 3 is 1.44 bits per heavy atom. The van der Waals surface area contributed by atoms with E-state index < -0.39 is 16.8 Å². The minimum Gasteiger partial charge on any atom is -0.507 e. The van der Waals surface area contributed by atoms with Crippen LogP contribution in [0, 0.1) is 10.8 Å². The molecule has 34 heavy (non-hydrogen) atoms. The third-order valence-corrected chi connectivity index (χ3v) is 6.18. The van der Waals surface area contributed by atoms with Crippen LogP contribution in [0.25, 0.3) is 0 Å². The van der Waals surface area contributed by atoms with E-state index in [0.717, 1.165) is 24.0 Å². The van der Waals surface area contributed by atoms with Crippen LogP contribution < -0.4 is 0 Å². The lowest BCUT2D eigenvalue weighted by Crippen LogP contribution is -2.29. The molecule has 2 rings (SSSR count). The quantitative estimate of drug-likeness (QED) is 0.409. The molecule has 4 heteroatoms. The fraction of sp³-hybridized carbons (Fsp3) is 0.533. The lowest BCUT2D eigenvalue weighted by atomic mass is 9.67. The van der Waals surface area contributed by atoms with Crippen molar-refractivity contribution in [3.63, 3.8) is 0 Å². The highest BCUT2D eigenvalue weighted by molar-refractivity contribution is 6.14. The maximum Gasteiger partial charge on any atom is 0.336 e. The normalized spacial score (nSPS) is 13.1. The predicted octanol–water partition coefficient (Wildman–Crippen LogP) is 7.75. The SMILES string of the molecule is CC(C)(C)CC(C)(C)c1cc(C(=O)c2ccccc2C(=O)O)cc(C(C)(C)CC(C)(C)C)c1O. The Morgan fingerprint density at radius 2 is 1.09 bits per heavy atom. The molecule has 0 saturated carbocycles. The Balaban J connectivity index is 2.83. The van der Waals surface area contributed by atoms with Gasteiger partial charge in [-0.25, -0.2) is 4.79 Å². The van der Waals surface area contributed by atoms with Gasteiger partial charge in [0.1, 0.15) is 5.75 Å². The van der Waals surface area contributed by atoms with Crippen molar-refractivity contribution in [2.75, 3.05) is 0 Å². The molecule has 0 aromatic heterocycles. The molecule has 0 fully saturated rings. The first-order valence-electron chi connectivity index (χ1n) is 12.0. The molecule has 186 valence electrons. The van der Waals surface area contributed by atoms with Gasteiger partial charge in [0.05, 0.1) is 5.56 Å². The largest absolute Gasteiger partial charge is 0.507 e. The van der Waals surface area contributed by atoms with Gasteiger partial charge in [-0.15, -0.1) is 0 Å². The van der Waals surface area contributed by atoms with Crippen molar-refractivity contribution < 1.29 is 19.8 Å². The van der Waals surface area contributed by atoms with Gasteiger partial charge in [0.15, 0.2) is 5.78 Å². The zero-order valence-electron chi connectivity index (χ0n) is 22.6. The van der Waals surface area contributed by atoms with Crippen molar-refractivity contribution in [3.8, 4) is 5.75 Å². The van der Waals surface area contributed by atoms with E-state index in [1.165, 1.54) is 6.07 Å². The molecule has 0 atom stereocenters. The number of carboxylic acids is 1. The monoisotopic (exact) mass is 466 g/mol. The van der Waals surface area contributed by atoms with Gasteiger partial charge < -0.3 is 10.2 Å². The molecule has 0 aliphatic rings. The van der Waals surface area contributed by atoms with Crippen LogP contribution in [0.2, 0.25) is 0 Å².